The molecule has 3 aliphatic heterocycles. The zero-order valence-corrected chi connectivity index (χ0v) is 21.6. The first-order chi connectivity index (χ1) is 17.5. The number of carboxylic acid groups (broad SMARTS) is 1. The average molecular weight is 514 g/mol. The summed E-state index contributed by atoms with van der Waals surface area (Å²) >= 11 is 0. The lowest BCUT2D eigenvalue weighted by atomic mass is 9.85. The van der Waals surface area contributed by atoms with Crippen LogP contribution in [0.3, 0.4) is 0 Å². The predicted molar refractivity (Wildman–Crippen MR) is 134 cm³/mol. The molecule has 4 bridgehead atoms. The Morgan fingerprint density at radius 3 is 2.65 bits per heavy atom. The van der Waals surface area contributed by atoms with Crippen LogP contribution in [0.5, 0.6) is 0 Å². The maximum absolute atomic E-state index is 13.5. The lowest BCUT2D eigenvalue weighted by Crippen LogP contribution is -2.57. The number of carbonyl (C=O) groups is 4. The van der Waals surface area contributed by atoms with Crippen molar-refractivity contribution < 1.29 is 33.8 Å². The number of amides is 3. The molecule has 200 valence electrons. The van der Waals surface area contributed by atoms with Crippen molar-refractivity contribution >= 4 is 30.1 Å². The minimum Gasteiger partial charge on any atom is -0.480 e. The second-order valence-corrected chi connectivity index (χ2v) is 10.9. The maximum Gasteiger partial charge on any atom is 0.410 e. The van der Waals surface area contributed by atoms with Crippen LogP contribution in [0.1, 0.15) is 63.1 Å². The maximum atomic E-state index is 13.5. The second kappa shape index (κ2) is 10.8. The number of cyclic esters (lactones) is 1. The SMILES string of the molecule is CC(C)(C)[C@@H]1NC(=O)OCCCC/C=C\c2cccc3c2CN(C3)C(=O)O[C@@H]2C[C@@H](C(=O)O)N(C2)C1=O. The fourth-order valence-electron chi connectivity index (χ4n) is 5.02. The normalized spacial score (nSPS) is 26.2. The molecule has 0 aromatic heterocycles. The minimum absolute atomic E-state index is 0.0249. The van der Waals surface area contributed by atoms with Gasteiger partial charge < -0.3 is 24.8 Å². The molecule has 1 saturated heterocycles. The third kappa shape index (κ3) is 6.06. The van der Waals surface area contributed by atoms with Crippen LogP contribution in [-0.4, -0.2) is 70.3 Å². The number of hydrogen-bond acceptors (Lipinski definition) is 6. The van der Waals surface area contributed by atoms with Crippen LogP contribution in [0.4, 0.5) is 9.59 Å². The molecule has 1 aromatic rings. The van der Waals surface area contributed by atoms with Crippen LogP contribution in [0, 0.1) is 5.41 Å². The minimum atomic E-state index is -1.19. The van der Waals surface area contributed by atoms with Gasteiger partial charge in [-0.15, -0.1) is 0 Å². The van der Waals surface area contributed by atoms with Gasteiger partial charge in [0, 0.05) is 13.0 Å². The summed E-state index contributed by atoms with van der Waals surface area (Å²) in [4.78, 5) is 53.9. The highest BCUT2D eigenvalue weighted by Crippen LogP contribution is 2.30. The zero-order chi connectivity index (χ0) is 26.7. The van der Waals surface area contributed by atoms with Crippen molar-refractivity contribution in [1.29, 1.82) is 0 Å². The number of fused-ring (bicyclic) bond motifs is 3. The number of aliphatic carboxylic acids is 1. The van der Waals surface area contributed by atoms with Crippen LogP contribution in [0.15, 0.2) is 24.3 Å². The third-order valence-electron chi connectivity index (χ3n) is 7.05. The summed E-state index contributed by atoms with van der Waals surface area (Å²) in [6.07, 6.45) is 4.32. The Balaban J connectivity index is 1.59. The third-order valence-corrected chi connectivity index (χ3v) is 7.05. The van der Waals surface area contributed by atoms with Gasteiger partial charge in [0.1, 0.15) is 18.2 Å². The molecule has 10 heteroatoms. The highest BCUT2D eigenvalue weighted by atomic mass is 16.6. The average Bonchev–Trinajstić information content (AvgIpc) is 3.45. The van der Waals surface area contributed by atoms with Crippen molar-refractivity contribution in [3.8, 4) is 0 Å². The summed E-state index contributed by atoms with van der Waals surface area (Å²) in [5, 5.41) is 12.5. The highest BCUT2D eigenvalue weighted by molar-refractivity contribution is 5.90. The summed E-state index contributed by atoms with van der Waals surface area (Å²) < 4.78 is 11.0. The van der Waals surface area contributed by atoms with Crippen LogP contribution in [0.25, 0.3) is 6.08 Å². The van der Waals surface area contributed by atoms with E-state index in [2.05, 4.69) is 11.4 Å². The van der Waals surface area contributed by atoms with Crippen molar-refractivity contribution in [2.24, 2.45) is 5.41 Å². The Bertz CT molecular complexity index is 1090. The molecule has 0 radical (unpaired) electrons. The quantitative estimate of drug-likeness (QED) is 0.588. The molecule has 37 heavy (non-hydrogen) atoms. The van der Waals surface area contributed by atoms with Gasteiger partial charge in [-0.05, 0) is 41.4 Å². The molecule has 3 aliphatic rings. The number of nitrogens with zero attached hydrogens (tertiary/aromatic N) is 2. The van der Waals surface area contributed by atoms with Gasteiger partial charge in [0.2, 0.25) is 5.91 Å². The van der Waals surface area contributed by atoms with Gasteiger partial charge in [-0.2, -0.15) is 0 Å². The van der Waals surface area contributed by atoms with Crippen LogP contribution < -0.4 is 5.32 Å². The molecule has 2 N–H and O–H groups in total. The molecule has 1 aromatic carbocycles. The standard InChI is InChI=1S/C27H35N3O7/c1-27(2,3)22-23(31)30-15-19(13-21(30)24(32)33)37-26(35)29-14-18-11-8-10-17(20(18)16-29)9-6-4-5-7-12-36-25(34)28-22/h6,8-11,19,21-22H,4-5,7,12-16H2,1-3H3,(H,28,34)(H,32,33)/b9-6-/t19-,21+,22-/m1/s1. The van der Waals surface area contributed by atoms with E-state index in [4.69, 9.17) is 9.47 Å². The number of hydrogen-bond donors (Lipinski definition) is 2. The largest absolute Gasteiger partial charge is 0.480 e. The smallest absolute Gasteiger partial charge is 0.410 e. The monoisotopic (exact) mass is 513 g/mol. The Morgan fingerprint density at radius 2 is 1.92 bits per heavy atom. The summed E-state index contributed by atoms with van der Waals surface area (Å²) in [5.41, 5.74) is 2.43. The van der Waals surface area contributed by atoms with Crippen molar-refractivity contribution in [3.63, 3.8) is 0 Å². The van der Waals surface area contributed by atoms with Gasteiger partial charge in [-0.25, -0.2) is 14.4 Å². The number of nitrogens with one attached hydrogen (secondary N) is 1. The molecular formula is C27H35N3O7. The van der Waals surface area contributed by atoms with Gasteiger partial charge in [0.05, 0.1) is 19.7 Å². The van der Waals surface area contributed by atoms with E-state index in [0.29, 0.717) is 19.5 Å². The lowest BCUT2D eigenvalue weighted by molar-refractivity contribution is -0.150. The van der Waals surface area contributed by atoms with E-state index in [9.17, 15) is 24.3 Å². The molecule has 10 nitrogen and oxygen atoms in total. The first-order valence-corrected chi connectivity index (χ1v) is 12.7. The van der Waals surface area contributed by atoms with Gasteiger partial charge in [-0.1, -0.05) is 51.1 Å². The fraction of sp³-hybridized carbons (Fsp3) is 0.556. The predicted octanol–water partition coefficient (Wildman–Crippen LogP) is 3.53. The Morgan fingerprint density at radius 1 is 1.14 bits per heavy atom. The van der Waals surface area contributed by atoms with Crippen LogP contribution in [0.2, 0.25) is 0 Å². The molecule has 0 saturated carbocycles. The molecule has 3 atom stereocenters. The summed E-state index contributed by atoms with van der Waals surface area (Å²) in [5.74, 6) is -1.74. The van der Waals surface area contributed by atoms with Gasteiger partial charge in [0.15, 0.2) is 0 Å². The van der Waals surface area contributed by atoms with E-state index < -0.39 is 47.7 Å². The molecule has 4 rings (SSSR count). The molecule has 1 fully saturated rings. The topological polar surface area (TPSA) is 125 Å². The number of rotatable bonds is 1. The Hall–Kier alpha value is -3.56. The zero-order valence-electron chi connectivity index (χ0n) is 21.6. The number of carboxylic acids is 1. The summed E-state index contributed by atoms with van der Waals surface area (Å²) in [6, 6.07) is 3.76. The van der Waals surface area contributed by atoms with Crippen LogP contribution in [-0.2, 0) is 32.2 Å². The molecular weight excluding hydrogens is 478 g/mol. The van der Waals surface area contributed by atoms with Gasteiger partial charge in [-0.3, -0.25) is 9.69 Å². The first kappa shape index (κ1) is 26.5. The number of benzene rings is 1. The lowest BCUT2D eigenvalue weighted by Gasteiger charge is -2.34. The molecule has 3 amide bonds. The van der Waals surface area contributed by atoms with E-state index in [0.717, 1.165) is 29.5 Å². The van der Waals surface area contributed by atoms with E-state index in [1.807, 2.05) is 24.3 Å². The van der Waals surface area contributed by atoms with Crippen molar-refractivity contribution in [2.75, 3.05) is 13.2 Å². The van der Waals surface area contributed by atoms with Gasteiger partial charge in [0.25, 0.3) is 0 Å². The van der Waals surface area contributed by atoms with Crippen molar-refractivity contribution in [2.45, 2.75) is 77.7 Å². The van der Waals surface area contributed by atoms with E-state index >= 15 is 0 Å². The number of allylic oxidation sites excluding steroid dienone is 1. The van der Waals surface area contributed by atoms with E-state index in [1.165, 1.54) is 4.90 Å². The Labute approximate surface area is 216 Å². The number of alkyl carbamates (subject to hydrolysis) is 1. The molecule has 3 heterocycles. The number of carbonyl (C=O) groups excluding carboxylic acids is 3. The highest BCUT2D eigenvalue weighted by Gasteiger charge is 2.46. The molecule has 0 unspecified atom stereocenters. The number of ether oxygens (including phenoxy) is 2. The first-order valence-electron chi connectivity index (χ1n) is 12.7. The van der Waals surface area contributed by atoms with Crippen molar-refractivity contribution in [3.05, 3.63) is 41.0 Å². The molecule has 0 aliphatic carbocycles. The fourth-order valence-corrected chi connectivity index (χ4v) is 5.02. The van der Waals surface area contributed by atoms with Gasteiger partial charge >= 0.3 is 18.2 Å². The molecule has 0 spiro atoms. The summed E-state index contributed by atoms with van der Waals surface area (Å²) in [6.45, 7) is 6.29. The second-order valence-electron chi connectivity index (χ2n) is 10.9. The summed E-state index contributed by atoms with van der Waals surface area (Å²) in [7, 11) is 0. The van der Waals surface area contributed by atoms with E-state index in [1.54, 1.807) is 25.7 Å². The van der Waals surface area contributed by atoms with E-state index in [-0.39, 0.29) is 19.6 Å². The van der Waals surface area contributed by atoms with Crippen molar-refractivity contribution in [1.82, 2.24) is 15.1 Å². The Kier molecular flexibility index (Phi) is 7.75. The van der Waals surface area contributed by atoms with Crippen LogP contribution >= 0.6 is 0 Å².